The van der Waals surface area contributed by atoms with Crippen LogP contribution >= 0.6 is 11.8 Å². The molecule has 0 saturated heterocycles. The van der Waals surface area contributed by atoms with Crippen LogP contribution in [-0.2, 0) is 23.9 Å². The maximum absolute atomic E-state index is 12.7. The summed E-state index contributed by atoms with van der Waals surface area (Å²) in [4.78, 5) is 36.6. The van der Waals surface area contributed by atoms with E-state index in [1.54, 1.807) is 31.2 Å². The summed E-state index contributed by atoms with van der Waals surface area (Å²) in [5, 5.41) is 12.6. The third-order valence-electron chi connectivity index (χ3n) is 4.10. The highest BCUT2D eigenvalue weighted by Gasteiger charge is 2.45. The first kappa shape index (κ1) is 21.3. The van der Waals surface area contributed by atoms with Crippen LogP contribution in [0.5, 0.6) is 5.75 Å². The molecule has 0 aromatic heterocycles. The second kappa shape index (κ2) is 9.80. The Bertz CT molecular complexity index is 845. The van der Waals surface area contributed by atoms with Gasteiger partial charge in [-0.3, -0.25) is 14.4 Å². The molecule has 28 heavy (non-hydrogen) atoms. The van der Waals surface area contributed by atoms with Crippen LogP contribution in [0, 0.1) is 17.2 Å². The van der Waals surface area contributed by atoms with Gasteiger partial charge in [0.1, 0.15) is 11.7 Å². The number of allylic oxidation sites excluding steroid dienone is 1. The van der Waals surface area contributed by atoms with Gasteiger partial charge in [-0.25, -0.2) is 0 Å². The standard InChI is InChI=1S/C19H20N2O6S/c1-4-27-13-8-6-5-7-11(13)15-12(9-20)18(28-10-14(22)25-2)21-17(23)16(15)19(24)26-3/h5-8,15-16H,4,10H2,1-3H3,(H,21,23)/t15-,16+/m0/s1. The molecule has 2 atom stereocenters. The molecule has 1 aromatic rings. The van der Waals surface area contributed by atoms with E-state index in [0.29, 0.717) is 17.9 Å². The number of nitrogens with zero attached hydrogens (tertiary/aromatic N) is 1. The molecule has 0 saturated carbocycles. The fourth-order valence-electron chi connectivity index (χ4n) is 2.87. The number of methoxy groups -OCH3 is 2. The zero-order valence-electron chi connectivity index (χ0n) is 15.7. The molecule has 8 nitrogen and oxygen atoms in total. The lowest BCUT2D eigenvalue weighted by Crippen LogP contribution is -2.44. The van der Waals surface area contributed by atoms with Gasteiger partial charge in [0.25, 0.3) is 0 Å². The fourth-order valence-corrected chi connectivity index (χ4v) is 3.75. The van der Waals surface area contributed by atoms with Gasteiger partial charge in [-0.2, -0.15) is 5.26 Å². The summed E-state index contributed by atoms with van der Waals surface area (Å²) in [5.74, 6) is -3.69. The number of rotatable bonds is 7. The van der Waals surface area contributed by atoms with Crippen LogP contribution in [0.25, 0.3) is 0 Å². The third-order valence-corrected chi connectivity index (χ3v) is 5.09. The second-order valence-electron chi connectivity index (χ2n) is 5.66. The van der Waals surface area contributed by atoms with Crippen molar-refractivity contribution < 1.29 is 28.6 Å². The van der Waals surface area contributed by atoms with Crippen molar-refractivity contribution in [2.24, 2.45) is 5.92 Å². The highest BCUT2D eigenvalue weighted by Crippen LogP contribution is 2.43. The number of hydrogen-bond donors (Lipinski definition) is 1. The van der Waals surface area contributed by atoms with Gasteiger partial charge < -0.3 is 19.5 Å². The van der Waals surface area contributed by atoms with Crippen LogP contribution in [0.15, 0.2) is 34.9 Å². The van der Waals surface area contributed by atoms with Crippen LogP contribution in [0.1, 0.15) is 18.4 Å². The van der Waals surface area contributed by atoms with Gasteiger partial charge in [-0.05, 0) is 13.0 Å². The first-order valence-electron chi connectivity index (χ1n) is 8.42. The summed E-state index contributed by atoms with van der Waals surface area (Å²) in [6.07, 6.45) is 0. The highest BCUT2D eigenvalue weighted by molar-refractivity contribution is 8.03. The Balaban J connectivity index is 2.61. The summed E-state index contributed by atoms with van der Waals surface area (Å²) >= 11 is 0.963. The van der Waals surface area contributed by atoms with E-state index in [4.69, 9.17) is 9.47 Å². The maximum atomic E-state index is 12.7. The monoisotopic (exact) mass is 404 g/mol. The number of amides is 1. The minimum absolute atomic E-state index is 0.0972. The van der Waals surface area contributed by atoms with Crippen molar-refractivity contribution in [3.8, 4) is 11.8 Å². The summed E-state index contributed by atoms with van der Waals surface area (Å²) in [6.45, 7) is 2.18. The van der Waals surface area contributed by atoms with Gasteiger partial charge in [-0.15, -0.1) is 0 Å². The van der Waals surface area contributed by atoms with Crippen molar-refractivity contribution in [1.82, 2.24) is 5.32 Å². The SMILES string of the molecule is CCOc1ccccc1[C@H]1C(C#N)=C(SCC(=O)OC)NC(=O)[C@@H]1C(=O)OC. The van der Waals surface area contributed by atoms with Crippen molar-refractivity contribution in [3.63, 3.8) is 0 Å². The second-order valence-corrected chi connectivity index (χ2v) is 6.64. The molecule has 1 amide bonds. The fraction of sp³-hybridized carbons (Fsp3) is 0.368. The first-order valence-corrected chi connectivity index (χ1v) is 9.41. The van der Waals surface area contributed by atoms with E-state index >= 15 is 0 Å². The van der Waals surface area contributed by atoms with Crippen molar-refractivity contribution in [3.05, 3.63) is 40.4 Å². The van der Waals surface area contributed by atoms with E-state index in [-0.39, 0.29) is 16.4 Å². The molecule has 0 unspecified atom stereocenters. The van der Waals surface area contributed by atoms with E-state index < -0.39 is 29.7 Å². The molecule has 0 radical (unpaired) electrons. The zero-order valence-corrected chi connectivity index (χ0v) is 16.5. The molecular weight excluding hydrogens is 384 g/mol. The molecule has 0 spiro atoms. The quantitative estimate of drug-likeness (QED) is 0.540. The number of nitrogens with one attached hydrogen (secondary N) is 1. The maximum Gasteiger partial charge on any atom is 0.319 e. The average molecular weight is 404 g/mol. The van der Waals surface area contributed by atoms with E-state index in [2.05, 4.69) is 16.1 Å². The number of carbonyl (C=O) groups excluding carboxylic acids is 3. The number of nitriles is 1. The predicted molar refractivity (Wildman–Crippen MR) is 101 cm³/mol. The molecule has 1 aromatic carbocycles. The molecule has 2 rings (SSSR count). The predicted octanol–water partition coefficient (Wildman–Crippen LogP) is 1.73. The Kier molecular flexibility index (Phi) is 7.46. The Morgan fingerprint density at radius 1 is 1.25 bits per heavy atom. The number of benzene rings is 1. The highest BCUT2D eigenvalue weighted by atomic mass is 32.2. The van der Waals surface area contributed by atoms with Gasteiger partial charge >= 0.3 is 11.9 Å². The summed E-state index contributed by atoms with van der Waals surface area (Å²) in [6, 6.07) is 8.96. The molecule has 0 fully saturated rings. The molecule has 1 heterocycles. The minimum atomic E-state index is -1.26. The van der Waals surface area contributed by atoms with Gasteiger partial charge in [-0.1, -0.05) is 30.0 Å². The smallest absolute Gasteiger partial charge is 0.319 e. The molecule has 1 aliphatic heterocycles. The Labute approximate surface area is 166 Å². The van der Waals surface area contributed by atoms with E-state index in [1.165, 1.54) is 14.2 Å². The number of hydrogen-bond acceptors (Lipinski definition) is 8. The lowest BCUT2D eigenvalue weighted by molar-refractivity contribution is -0.150. The molecule has 1 aliphatic rings. The Hall–Kier alpha value is -2.99. The van der Waals surface area contributed by atoms with Crippen LogP contribution in [0.3, 0.4) is 0 Å². The summed E-state index contributed by atoms with van der Waals surface area (Å²) in [7, 11) is 2.43. The van der Waals surface area contributed by atoms with Gasteiger partial charge in [0.2, 0.25) is 5.91 Å². The van der Waals surface area contributed by atoms with E-state index in [0.717, 1.165) is 11.8 Å². The molecule has 0 aliphatic carbocycles. The number of carbonyl (C=O) groups is 3. The van der Waals surface area contributed by atoms with E-state index in [9.17, 15) is 19.6 Å². The van der Waals surface area contributed by atoms with Gasteiger partial charge in [0, 0.05) is 11.5 Å². The molecule has 148 valence electrons. The van der Waals surface area contributed by atoms with Gasteiger partial charge in [0.15, 0.2) is 0 Å². The van der Waals surface area contributed by atoms with Gasteiger partial charge in [0.05, 0.1) is 43.3 Å². The Morgan fingerprint density at radius 3 is 2.57 bits per heavy atom. The first-order chi connectivity index (χ1) is 13.5. The lowest BCUT2D eigenvalue weighted by atomic mass is 9.78. The van der Waals surface area contributed by atoms with Crippen molar-refractivity contribution in [1.29, 1.82) is 5.26 Å². The summed E-state index contributed by atoms with van der Waals surface area (Å²) in [5.41, 5.74) is 0.665. The lowest BCUT2D eigenvalue weighted by Gasteiger charge is -2.31. The summed E-state index contributed by atoms with van der Waals surface area (Å²) < 4.78 is 15.0. The number of esters is 2. The normalized spacial score (nSPS) is 18.7. The number of ether oxygens (including phenoxy) is 3. The third kappa shape index (κ3) is 4.46. The minimum Gasteiger partial charge on any atom is -0.494 e. The molecule has 1 N–H and O–H groups in total. The topological polar surface area (TPSA) is 115 Å². The van der Waals surface area contributed by atoms with Crippen molar-refractivity contribution in [2.45, 2.75) is 12.8 Å². The van der Waals surface area contributed by atoms with Crippen LogP contribution in [0.4, 0.5) is 0 Å². The molecular formula is C19H20N2O6S. The zero-order chi connectivity index (χ0) is 20.7. The Morgan fingerprint density at radius 2 is 1.96 bits per heavy atom. The van der Waals surface area contributed by atoms with Crippen LogP contribution in [0.2, 0.25) is 0 Å². The number of para-hydroxylation sites is 1. The average Bonchev–Trinajstić information content (AvgIpc) is 2.71. The number of thioether (sulfide) groups is 1. The molecule has 0 bridgehead atoms. The van der Waals surface area contributed by atoms with Crippen LogP contribution < -0.4 is 10.1 Å². The largest absolute Gasteiger partial charge is 0.494 e. The van der Waals surface area contributed by atoms with Crippen LogP contribution in [-0.4, -0.2) is 44.4 Å². The van der Waals surface area contributed by atoms with Crippen molar-refractivity contribution >= 4 is 29.6 Å². The van der Waals surface area contributed by atoms with E-state index in [1.807, 2.05) is 0 Å². The molecule has 9 heteroatoms. The van der Waals surface area contributed by atoms with Crippen molar-refractivity contribution in [2.75, 3.05) is 26.6 Å².